The molecule has 1 aromatic carbocycles. The zero-order valence-electron chi connectivity index (χ0n) is 14.5. The smallest absolute Gasteiger partial charge is 0.327 e. The summed E-state index contributed by atoms with van der Waals surface area (Å²) in [4.78, 5) is 4.20. The van der Waals surface area contributed by atoms with Crippen molar-refractivity contribution in [1.82, 2.24) is 19.3 Å². The van der Waals surface area contributed by atoms with Crippen molar-refractivity contribution in [2.75, 3.05) is 6.54 Å². The van der Waals surface area contributed by atoms with Gasteiger partial charge in [-0.15, -0.1) is 12.4 Å². The molecule has 6 nitrogen and oxygen atoms in total. The highest BCUT2D eigenvalue weighted by Gasteiger charge is 2.35. The van der Waals surface area contributed by atoms with Gasteiger partial charge in [0, 0.05) is 19.2 Å². The maximum absolute atomic E-state index is 13.8. The number of imidazole rings is 1. The Hall–Kier alpha value is -2.90. The molecule has 2 aromatic heterocycles. The van der Waals surface area contributed by atoms with Crippen LogP contribution in [0, 0.1) is 11.3 Å². The second-order valence-corrected chi connectivity index (χ2v) is 5.80. The van der Waals surface area contributed by atoms with Crippen LogP contribution >= 0.6 is 12.4 Å². The Labute approximate surface area is 163 Å². The number of nitrogens with two attached hydrogens (primary N) is 1. The van der Waals surface area contributed by atoms with Crippen LogP contribution in [0.15, 0.2) is 36.4 Å². The molecule has 0 aliphatic rings. The van der Waals surface area contributed by atoms with Gasteiger partial charge >= 0.3 is 6.18 Å². The molecule has 0 aliphatic heterocycles. The summed E-state index contributed by atoms with van der Waals surface area (Å²) in [5, 5.41) is 12.8. The summed E-state index contributed by atoms with van der Waals surface area (Å²) < 4.78 is 55.3. The lowest BCUT2D eigenvalue weighted by Crippen LogP contribution is -2.06. The van der Waals surface area contributed by atoms with Crippen molar-refractivity contribution < 1.29 is 17.6 Å². The number of rotatable bonds is 4. The Bertz CT molecular complexity index is 1070. The highest BCUT2D eigenvalue weighted by Crippen LogP contribution is 2.34. The maximum atomic E-state index is 13.8. The lowest BCUT2D eigenvalue weighted by Gasteiger charge is -2.07. The molecular weight excluding hydrogens is 400 g/mol. The van der Waals surface area contributed by atoms with Crippen LogP contribution in [0.2, 0.25) is 0 Å². The van der Waals surface area contributed by atoms with Gasteiger partial charge in [0.05, 0.1) is 41.2 Å². The van der Waals surface area contributed by atoms with Crippen LogP contribution in [-0.2, 0) is 19.8 Å². The Morgan fingerprint density at radius 1 is 1.32 bits per heavy atom. The van der Waals surface area contributed by atoms with E-state index in [1.54, 1.807) is 0 Å². The minimum atomic E-state index is -4.60. The first-order valence-corrected chi connectivity index (χ1v) is 7.79. The number of nitriles is 1. The Kier molecular flexibility index (Phi) is 6.11. The Morgan fingerprint density at radius 3 is 2.61 bits per heavy atom. The Balaban J connectivity index is 0.00000280. The van der Waals surface area contributed by atoms with Gasteiger partial charge in [0.1, 0.15) is 5.83 Å². The van der Waals surface area contributed by atoms with Crippen LogP contribution in [0.1, 0.15) is 11.3 Å². The van der Waals surface area contributed by atoms with E-state index in [0.717, 1.165) is 10.7 Å². The Morgan fingerprint density at radius 2 is 2.04 bits per heavy atom. The summed E-state index contributed by atoms with van der Waals surface area (Å²) in [6.07, 6.45) is -2.03. The molecule has 2 N–H and O–H groups in total. The molecule has 3 aromatic rings. The van der Waals surface area contributed by atoms with Crippen LogP contribution in [0.4, 0.5) is 17.6 Å². The van der Waals surface area contributed by atoms with E-state index in [9.17, 15) is 22.8 Å². The molecular formula is C17H15ClF4N6. The van der Waals surface area contributed by atoms with Crippen molar-refractivity contribution in [1.29, 1.82) is 5.26 Å². The number of aromatic nitrogens is 4. The van der Waals surface area contributed by atoms with Crippen molar-refractivity contribution in [3.63, 3.8) is 0 Å². The molecule has 28 heavy (non-hydrogen) atoms. The number of aryl methyl sites for hydroxylation is 1. The molecule has 0 amide bonds. The first-order chi connectivity index (χ1) is 12.7. The largest absolute Gasteiger partial charge is 0.435 e. The summed E-state index contributed by atoms with van der Waals surface area (Å²) in [6.45, 7) is -0.121. The fraction of sp³-hybridized carbons (Fsp3) is 0.235. The number of nitrogens with zero attached hydrogens (tertiary/aromatic N) is 5. The lowest BCUT2D eigenvalue weighted by molar-refractivity contribution is -0.141. The average molecular weight is 415 g/mol. The van der Waals surface area contributed by atoms with Crippen LogP contribution in [-0.4, -0.2) is 25.9 Å². The van der Waals surface area contributed by atoms with Crippen LogP contribution in [0.5, 0.6) is 0 Å². The third kappa shape index (κ3) is 4.00. The number of alkyl halides is 3. The third-order valence-corrected chi connectivity index (χ3v) is 3.96. The number of allylic oxidation sites excluding steroid dienone is 1. The molecule has 0 fully saturated rings. The number of hydrogen-bond donors (Lipinski definition) is 1. The van der Waals surface area contributed by atoms with Gasteiger partial charge in [-0.1, -0.05) is 0 Å². The van der Waals surface area contributed by atoms with Crippen molar-refractivity contribution >= 4 is 23.4 Å². The molecule has 0 bridgehead atoms. The highest BCUT2D eigenvalue weighted by molar-refractivity contribution is 5.92. The molecule has 0 aliphatic carbocycles. The van der Waals surface area contributed by atoms with Gasteiger partial charge in [-0.3, -0.25) is 4.68 Å². The van der Waals surface area contributed by atoms with Gasteiger partial charge < -0.3 is 10.3 Å². The molecule has 0 saturated carbocycles. The van der Waals surface area contributed by atoms with E-state index in [2.05, 4.69) is 10.1 Å². The predicted molar refractivity (Wildman–Crippen MR) is 97.1 cm³/mol. The van der Waals surface area contributed by atoms with E-state index in [-0.39, 0.29) is 36.8 Å². The monoisotopic (exact) mass is 414 g/mol. The fourth-order valence-corrected chi connectivity index (χ4v) is 2.76. The van der Waals surface area contributed by atoms with Gasteiger partial charge in [-0.25, -0.2) is 9.37 Å². The summed E-state index contributed by atoms with van der Waals surface area (Å²) in [7, 11) is 1.37. The lowest BCUT2D eigenvalue weighted by atomic mass is 10.1. The van der Waals surface area contributed by atoms with Crippen LogP contribution in [0.3, 0.4) is 0 Å². The molecule has 3 rings (SSSR count). The summed E-state index contributed by atoms with van der Waals surface area (Å²) in [5.41, 5.74) is 5.65. The topological polar surface area (TPSA) is 85.5 Å². The molecule has 2 heterocycles. The first kappa shape index (κ1) is 21.4. The molecule has 0 radical (unpaired) electrons. The van der Waals surface area contributed by atoms with Gasteiger partial charge in [-0.2, -0.15) is 23.5 Å². The SMILES string of the molecule is Cl.Cn1nc(C(F)(F)F)cc1-c1cc(C#N)cc2c1ncn2C/C(F)=C/CN. The number of fused-ring (bicyclic) bond motifs is 1. The minimum absolute atomic E-state index is 0. The molecule has 0 spiro atoms. The maximum Gasteiger partial charge on any atom is 0.435 e. The zero-order chi connectivity index (χ0) is 19.8. The average Bonchev–Trinajstić information content (AvgIpc) is 3.18. The third-order valence-electron chi connectivity index (χ3n) is 3.96. The zero-order valence-corrected chi connectivity index (χ0v) is 15.4. The predicted octanol–water partition coefficient (Wildman–Crippen LogP) is 3.56. The molecule has 11 heteroatoms. The van der Waals surface area contributed by atoms with Crippen molar-refractivity contribution in [2.45, 2.75) is 12.7 Å². The standard InChI is InChI=1S/C17H14F4N6.ClH/c1-26-13(6-15(25-26)17(19,20)21)12-4-10(7-23)5-14-16(12)24-9-27(14)8-11(18)2-3-22;/h2,4-6,9H,3,8,22H2,1H3;1H/b11-2-;. The van der Waals surface area contributed by atoms with Crippen molar-refractivity contribution in [3.8, 4) is 17.3 Å². The van der Waals surface area contributed by atoms with E-state index in [4.69, 9.17) is 5.73 Å². The summed E-state index contributed by atoms with van der Waals surface area (Å²) in [5.74, 6) is -0.486. The molecule has 0 atom stereocenters. The first-order valence-electron chi connectivity index (χ1n) is 7.79. The number of benzene rings is 1. The van der Waals surface area contributed by atoms with Crippen LogP contribution < -0.4 is 5.73 Å². The van der Waals surface area contributed by atoms with Gasteiger partial charge in [-0.05, 0) is 24.3 Å². The minimum Gasteiger partial charge on any atom is -0.327 e. The van der Waals surface area contributed by atoms with Gasteiger partial charge in [0.15, 0.2) is 5.69 Å². The number of halogens is 5. The number of hydrogen-bond acceptors (Lipinski definition) is 4. The van der Waals surface area contributed by atoms with Crippen molar-refractivity contribution in [2.24, 2.45) is 12.8 Å². The van der Waals surface area contributed by atoms with E-state index in [1.807, 2.05) is 6.07 Å². The van der Waals surface area contributed by atoms with Crippen molar-refractivity contribution in [3.05, 3.63) is 47.7 Å². The summed E-state index contributed by atoms with van der Waals surface area (Å²) in [6, 6.07) is 5.79. The molecule has 0 saturated heterocycles. The second-order valence-electron chi connectivity index (χ2n) is 5.80. The molecule has 148 valence electrons. The highest BCUT2D eigenvalue weighted by atomic mass is 35.5. The van der Waals surface area contributed by atoms with E-state index in [1.165, 1.54) is 36.2 Å². The fourth-order valence-electron chi connectivity index (χ4n) is 2.76. The van der Waals surface area contributed by atoms with Gasteiger partial charge in [0.2, 0.25) is 0 Å². The van der Waals surface area contributed by atoms with Gasteiger partial charge in [0.25, 0.3) is 0 Å². The molecule has 0 unspecified atom stereocenters. The van der Waals surface area contributed by atoms with Crippen LogP contribution in [0.25, 0.3) is 22.3 Å². The summed E-state index contributed by atoms with van der Waals surface area (Å²) >= 11 is 0. The van der Waals surface area contributed by atoms with E-state index < -0.39 is 17.7 Å². The van der Waals surface area contributed by atoms with E-state index in [0.29, 0.717) is 16.6 Å². The quantitative estimate of drug-likeness (QED) is 0.661. The second kappa shape index (κ2) is 8.00. The normalized spacial score (nSPS) is 12.1. The van der Waals surface area contributed by atoms with E-state index >= 15 is 0 Å².